The van der Waals surface area contributed by atoms with E-state index in [1.807, 2.05) is 6.07 Å². The summed E-state index contributed by atoms with van der Waals surface area (Å²) in [5, 5.41) is 12.1. The first-order valence-electron chi connectivity index (χ1n) is 7.54. The Labute approximate surface area is 148 Å². The number of aliphatic carboxylic acids is 1. The molecule has 3 rings (SSSR count). The van der Waals surface area contributed by atoms with Crippen LogP contribution in [0, 0.1) is 6.92 Å². The molecule has 0 saturated carbocycles. The summed E-state index contributed by atoms with van der Waals surface area (Å²) in [4.78, 5) is 26.3. The molecule has 1 atom stereocenters. The Bertz CT molecular complexity index is 928. The molecule has 2 heterocycles. The van der Waals surface area contributed by atoms with Gasteiger partial charge >= 0.3 is 5.97 Å². The molecule has 1 N–H and O–H groups in total. The third-order valence-electron chi connectivity index (χ3n) is 4.09. The number of furan rings is 1. The number of benzene rings is 1. The Kier molecular flexibility index (Phi) is 4.50. The van der Waals surface area contributed by atoms with Crippen LogP contribution in [0.4, 0.5) is 0 Å². The number of rotatable bonds is 5. The number of hydrogen-bond donors (Lipinski definition) is 1. The van der Waals surface area contributed by atoms with Gasteiger partial charge < -0.3 is 19.2 Å². The third kappa shape index (κ3) is 2.98. The highest BCUT2D eigenvalue weighted by atomic mass is 32.1. The lowest BCUT2D eigenvalue weighted by molar-refractivity contribution is -0.142. The first kappa shape index (κ1) is 17.0. The van der Waals surface area contributed by atoms with Crippen LogP contribution in [0.3, 0.4) is 0 Å². The number of carboxylic acid groups (broad SMARTS) is 1. The van der Waals surface area contributed by atoms with Crippen molar-refractivity contribution in [2.24, 2.45) is 0 Å². The van der Waals surface area contributed by atoms with Crippen LogP contribution in [0.5, 0.6) is 5.75 Å². The second kappa shape index (κ2) is 6.60. The van der Waals surface area contributed by atoms with Gasteiger partial charge in [0.1, 0.15) is 11.3 Å². The van der Waals surface area contributed by atoms with Crippen molar-refractivity contribution in [1.29, 1.82) is 0 Å². The average molecular weight is 359 g/mol. The number of fused-ring (bicyclic) bond motifs is 1. The van der Waals surface area contributed by atoms with Gasteiger partial charge in [0.25, 0.3) is 5.91 Å². The van der Waals surface area contributed by atoms with Crippen molar-refractivity contribution in [3.05, 3.63) is 51.9 Å². The van der Waals surface area contributed by atoms with Gasteiger partial charge in [-0.2, -0.15) is 0 Å². The van der Waals surface area contributed by atoms with E-state index in [-0.39, 0.29) is 5.76 Å². The van der Waals surface area contributed by atoms with E-state index in [9.17, 15) is 14.7 Å². The van der Waals surface area contributed by atoms with Crippen LogP contribution in [0.15, 0.2) is 40.1 Å². The molecule has 0 aliphatic heterocycles. The maximum Gasteiger partial charge on any atom is 0.331 e. The fourth-order valence-electron chi connectivity index (χ4n) is 2.74. The number of thiophene rings is 1. The van der Waals surface area contributed by atoms with Crippen LogP contribution < -0.4 is 4.74 Å². The smallest absolute Gasteiger partial charge is 0.331 e. The van der Waals surface area contributed by atoms with E-state index in [2.05, 4.69) is 0 Å². The number of amides is 1. The van der Waals surface area contributed by atoms with Crippen molar-refractivity contribution in [3.63, 3.8) is 0 Å². The van der Waals surface area contributed by atoms with E-state index in [4.69, 9.17) is 9.15 Å². The maximum absolute atomic E-state index is 12.9. The molecular formula is C18H17NO5S. The zero-order valence-corrected chi connectivity index (χ0v) is 14.8. The van der Waals surface area contributed by atoms with Gasteiger partial charge in [0.15, 0.2) is 11.8 Å². The lowest BCUT2D eigenvalue weighted by Crippen LogP contribution is -2.35. The zero-order valence-electron chi connectivity index (χ0n) is 14.0. The highest BCUT2D eigenvalue weighted by Crippen LogP contribution is 2.31. The van der Waals surface area contributed by atoms with Crippen molar-refractivity contribution >= 4 is 34.2 Å². The van der Waals surface area contributed by atoms with Gasteiger partial charge in [-0.15, -0.1) is 11.3 Å². The van der Waals surface area contributed by atoms with Gasteiger partial charge in [0, 0.05) is 28.9 Å². The first-order valence-corrected chi connectivity index (χ1v) is 8.42. The van der Waals surface area contributed by atoms with Gasteiger partial charge in [0.05, 0.1) is 7.11 Å². The number of nitrogens with zero attached hydrogens (tertiary/aromatic N) is 1. The molecule has 0 saturated heterocycles. The Hall–Kier alpha value is -2.80. The normalized spacial score (nSPS) is 12.1. The molecule has 1 aromatic carbocycles. The predicted octanol–water partition coefficient (Wildman–Crippen LogP) is 3.71. The fraction of sp³-hybridized carbons (Fsp3) is 0.222. The topological polar surface area (TPSA) is 80.0 Å². The molecule has 1 unspecified atom stereocenters. The SMILES string of the molecule is COc1ccc2c(C)c(C(=O)N(C)C(C(=O)O)c3cccs3)oc2c1. The number of ether oxygens (including phenoxy) is 1. The van der Waals surface area contributed by atoms with Gasteiger partial charge in [-0.25, -0.2) is 4.79 Å². The molecule has 25 heavy (non-hydrogen) atoms. The molecule has 0 radical (unpaired) electrons. The summed E-state index contributed by atoms with van der Waals surface area (Å²) >= 11 is 1.29. The number of hydrogen-bond acceptors (Lipinski definition) is 5. The number of carboxylic acids is 1. The molecular weight excluding hydrogens is 342 g/mol. The summed E-state index contributed by atoms with van der Waals surface area (Å²) in [7, 11) is 3.02. The van der Waals surface area contributed by atoms with Crippen molar-refractivity contribution < 1.29 is 23.8 Å². The predicted molar refractivity (Wildman–Crippen MR) is 94.3 cm³/mol. The molecule has 0 bridgehead atoms. The number of carbonyl (C=O) groups excluding carboxylic acids is 1. The highest BCUT2D eigenvalue weighted by Gasteiger charge is 2.32. The monoisotopic (exact) mass is 359 g/mol. The Morgan fingerprint density at radius 1 is 1.32 bits per heavy atom. The van der Waals surface area contributed by atoms with Crippen LogP contribution in [0.1, 0.15) is 27.0 Å². The van der Waals surface area contributed by atoms with E-state index in [0.29, 0.717) is 21.8 Å². The molecule has 2 aromatic heterocycles. The Morgan fingerprint density at radius 3 is 2.68 bits per heavy atom. The molecule has 130 valence electrons. The van der Waals surface area contributed by atoms with E-state index in [1.54, 1.807) is 43.7 Å². The lowest BCUT2D eigenvalue weighted by Gasteiger charge is -2.23. The average Bonchev–Trinajstić information content (AvgIpc) is 3.22. The van der Waals surface area contributed by atoms with E-state index in [0.717, 1.165) is 5.39 Å². The summed E-state index contributed by atoms with van der Waals surface area (Å²) in [5.74, 6) is -0.814. The van der Waals surface area contributed by atoms with Crippen LogP contribution in [-0.2, 0) is 4.79 Å². The zero-order chi connectivity index (χ0) is 18.1. The second-order valence-electron chi connectivity index (χ2n) is 5.59. The largest absolute Gasteiger partial charge is 0.497 e. The number of methoxy groups -OCH3 is 1. The summed E-state index contributed by atoms with van der Waals surface area (Å²) in [6, 6.07) is 7.70. The maximum atomic E-state index is 12.9. The molecule has 1 amide bonds. The molecule has 6 nitrogen and oxygen atoms in total. The summed E-state index contributed by atoms with van der Waals surface area (Å²) in [5.41, 5.74) is 1.20. The van der Waals surface area contributed by atoms with Crippen LogP contribution >= 0.6 is 11.3 Å². The van der Waals surface area contributed by atoms with E-state index < -0.39 is 17.9 Å². The highest BCUT2D eigenvalue weighted by molar-refractivity contribution is 7.10. The van der Waals surface area contributed by atoms with Crippen molar-refractivity contribution in [2.45, 2.75) is 13.0 Å². The van der Waals surface area contributed by atoms with Crippen molar-refractivity contribution in [1.82, 2.24) is 4.90 Å². The Morgan fingerprint density at radius 2 is 2.08 bits per heavy atom. The molecule has 0 aliphatic rings. The van der Waals surface area contributed by atoms with E-state index in [1.165, 1.54) is 23.3 Å². The number of aryl methyl sites for hydroxylation is 1. The van der Waals surface area contributed by atoms with Crippen LogP contribution in [0.25, 0.3) is 11.0 Å². The molecule has 0 fully saturated rings. The minimum atomic E-state index is -1.09. The molecule has 0 spiro atoms. The number of likely N-dealkylation sites (N-methyl/N-ethyl adjacent to an activating group) is 1. The third-order valence-corrected chi connectivity index (χ3v) is 5.02. The van der Waals surface area contributed by atoms with E-state index >= 15 is 0 Å². The Balaban J connectivity index is 2.00. The lowest BCUT2D eigenvalue weighted by atomic mass is 10.1. The van der Waals surface area contributed by atoms with Crippen LogP contribution in [-0.4, -0.2) is 36.0 Å². The molecule has 7 heteroatoms. The van der Waals surface area contributed by atoms with Crippen molar-refractivity contribution in [3.8, 4) is 5.75 Å². The number of carbonyl (C=O) groups is 2. The minimum Gasteiger partial charge on any atom is -0.497 e. The quantitative estimate of drug-likeness (QED) is 0.751. The van der Waals surface area contributed by atoms with Gasteiger partial charge in [-0.3, -0.25) is 4.79 Å². The minimum absolute atomic E-state index is 0.133. The standard InChI is InChI=1S/C18H17NO5S/c1-10-12-7-6-11(23-3)9-13(12)24-16(10)17(20)19(2)15(18(21)22)14-5-4-8-25-14/h4-9,15H,1-3H3,(H,21,22). The first-order chi connectivity index (χ1) is 11.9. The van der Waals surface area contributed by atoms with Crippen molar-refractivity contribution in [2.75, 3.05) is 14.2 Å². The summed E-state index contributed by atoms with van der Waals surface area (Å²) < 4.78 is 10.9. The second-order valence-corrected chi connectivity index (χ2v) is 6.57. The van der Waals surface area contributed by atoms with Crippen LogP contribution in [0.2, 0.25) is 0 Å². The molecule has 0 aliphatic carbocycles. The molecule has 3 aromatic rings. The van der Waals surface area contributed by atoms with Gasteiger partial charge in [0.2, 0.25) is 0 Å². The summed E-state index contributed by atoms with van der Waals surface area (Å²) in [6.07, 6.45) is 0. The fourth-order valence-corrected chi connectivity index (χ4v) is 3.60. The van der Waals surface area contributed by atoms with Gasteiger partial charge in [-0.05, 0) is 30.5 Å². The van der Waals surface area contributed by atoms with Gasteiger partial charge in [-0.1, -0.05) is 6.07 Å². The summed E-state index contributed by atoms with van der Waals surface area (Å²) in [6.45, 7) is 1.78.